The Hall–Kier alpha value is -3.46. The molecule has 1 spiro atoms. The van der Waals surface area contributed by atoms with E-state index in [9.17, 15) is 19.5 Å². The maximum atomic E-state index is 14.7. The molecule has 208 valence electrons. The van der Waals surface area contributed by atoms with Gasteiger partial charge < -0.3 is 24.4 Å². The van der Waals surface area contributed by atoms with Crippen LogP contribution in [0.3, 0.4) is 0 Å². The molecule has 8 nitrogen and oxygen atoms in total. The summed E-state index contributed by atoms with van der Waals surface area (Å²) in [5.41, 5.74) is -1.43. The van der Waals surface area contributed by atoms with Crippen LogP contribution in [0.5, 0.6) is 0 Å². The minimum Gasteiger partial charge on any atom is -0.465 e. The number of rotatable bonds is 5. The number of para-hydroxylation sites is 1. The lowest BCUT2D eigenvalue weighted by Gasteiger charge is -2.41. The van der Waals surface area contributed by atoms with Crippen LogP contribution >= 0.6 is 11.6 Å². The summed E-state index contributed by atoms with van der Waals surface area (Å²) in [5, 5.41) is 11.0. The van der Waals surface area contributed by atoms with E-state index in [4.69, 9.17) is 21.1 Å². The Labute approximate surface area is 237 Å². The van der Waals surface area contributed by atoms with Crippen LogP contribution < -0.4 is 4.90 Å². The van der Waals surface area contributed by atoms with Crippen LogP contribution in [0.1, 0.15) is 31.4 Å². The molecule has 2 aromatic rings. The second-order valence-corrected chi connectivity index (χ2v) is 11.0. The second-order valence-electron chi connectivity index (χ2n) is 10.6. The molecule has 0 radical (unpaired) electrons. The summed E-state index contributed by atoms with van der Waals surface area (Å²) in [7, 11) is 0. The molecule has 2 amide bonds. The first-order valence-corrected chi connectivity index (χ1v) is 14.0. The molecule has 6 rings (SSSR count). The molecule has 40 heavy (non-hydrogen) atoms. The van der Waals surface area contributed by atoms with E-state index in [1.165, 1.54) is 9.80 Å². The second kappa shape index (κ2) is 10.2. The van der Waals surface area contributed by atoms with Crippen molar-refractivity contribution in [2.75, 3.05) is 24.7 Å². The van der Waals surface area contributed by atoms with E-state index < -0.39 is 59.5 Å². The summed E-state index contributed by atoms with van der Waals surface area (Å²) in [6.07, 6.45) is 8.29. The summed E-state index contributed by atoms with van der Waals surface area (Å²) in [4.78, 5) is 45.9. The average molecular weight is 563 g/mol. The van der Waals surface area contributed by atoms with Crippen molar-refractivity contribution in [2.24, 2.45) is 11.8 Å². The number of aliphatic hydroxyl groups is 1. The number of aliphatic hydroxyl groups excluding tert-OH is 1. The first-order chi connectivity index (χ1) is 19.4. The van der Waals surface area contributed by atoms with Gasteiger partial charge in [0.2, 0.25) is 5.91 Å². The third-order valence-electron chi connectivity index (χ3n) is 8.68. The van der Waals surface area contributed by atoms with E-state index in [1.807, 2.05) is 49.4 Å². The van der Waals surface area contributed by atoms with Crippen molar-refractivity contribution in [1.29, 1.82) is 0 Å². The van der Waals surface area contributed by atoms with E-state index in [0.29, 0.717) is 29.1 Å². The van der Waals surface area contributed by atoms with Crippen LogP contribution in [0.2, 0.25) is 5.02 Å². The van der Waals surface area contributed by atoms with Crippen molar-refractivity contribution in [1.82, 2.24) is 4.90 Å². The Morgan fingerprint density at radius 1 is 1.00 bits per heavy atom. The molecule has 2 fully saturated rings. The zero-order valence-electron chi connectivity index (χ0n) is 22.1. The van der Waals surface area contributed by atoms with Crippen LogP contribution in [0.25, 0.3) is 0 Å². The third-order valence-corrected chi connectivity index (χ3v) is 9.00. The summed E-state index contributed by atoms with van der Waals surface area (Å²) < 4.78 is 12.5. The molecule has 9 heteroatoms. The Morgan fingerprint density at radius 3 is 2.48 bits per heavy atom. The molecule has 0 bridgehead atoms. The van der Waals surface area contributed by atoms with E-state index >= 15 is 0 Å². The molecule has 2 saturated heterocycles. The molecule has 0 aromatic heterocycles. The number of hydrogen-bond acceptors (Lipinski definition) is 6. The predicted molar refractivity (Wildman–Crippen MR) is 148 cm³/mol. The molecule has 1 unspecified atom stereocenters. The zero-order valence-corrected chi connectivity index (χ0v) is 22.9. The van der Waals surface area contributed by atoms with Gasteiger partial charge >= 0.3 is 5.97 Å². The number of nitrogens with zero attached hydrogens (tertiary/aromatic N) is 2. The minimum absolute atomic E-state index is 0.193. The first-order valence-electron chi connectivity index (χ1n) is 13.6. The Morgan fingerprint density at radius 2 is 1.75 bits per heavy atom. The Bertz CT molecular complexity index is 1400. The van der Waals surface area contributed by atoms with Gasteiger partial charge in [-0.3, -0.25) is 14.4 Å². The fourth-order valence-corrected chi connectivity index (χ4v) is 7.16. The Balaban J connectivity index is 1.57. The molecular weight excluding hydrogens is 532 g/mol. The van der Waals surface area contributed by atoms with Crippen LogP contribution in [0.4, 0.5) is 5.69 Å². The highest BCUT2D eigenvalue weighted by molar-refractivity contribution is 6.34. The summed E-state index contributed by atoms with van der Waals surface area (Å²) in [5.74, 6) is -3.35. The number of likely N-dealkylation sites (tertiary alicyclic amines) is 1. The number of carbonyl (C=O) groups excluding carboxylic acids is 3. The number of cyclic esters (lactones) is 1. The lowest BCUT2D eigenvalue weighted by Crippen LogP contribution is -2.57. The van der Waals surface area contributed by atoms with E-state index in [2.05, 4.69) is 0 Å². The Kier molecular flexibility index (Phi) is 6.81. The van der Waals surface area contributed by atoms with Gasteiger partial charge in [-0.2, -0.15) is 0 Å². The van der Waals surface area contributed by atoms with Gasteiger partial charge in [0.15, 0.2) is 0 Å². The van der Waals surface area contributed by atoms with Crippen LogP contribution in [-0.4, -0.2) is 64.8 Å². The molecule has 4 aliphatic rings. The highest BCUT2D eigenvalue weighted by Crippen LogP contribution is 2.59. The quantitative estimate of drug-likeness (QED) is 0.439. The van der Waals surface area contributed by atoms with E-state index in [0.717, 1.165) is 0 Å². The highest BCUT2D eigenvalue weighted by Gasteiger charge is 2.76. The number of fused-ring (bicyclic) bond motifs is 2. The van der Waals surface area contributed by atoms with Gasteiger partial charge in [0.1, 0.15) is 23.2 Å². The number of anilines is 1. The van der Waals surface area contributed by atoms with Crippen molar-refractivity contribution < 1.29 is 29.0 Å². The van der Waals surface area contributed by atoms with Gasteiger partial charge in [0, 0.05) is 6.54 Å². The van der Waals surface area contributed by atoms with Crippen molar-refractivity contribution >= 4 is 35.1 Å². The summed E-state index contributed by atoms with van der Waals surface area (Å²) in [6.45, 7) is 1.87. The summed E-state index contributed by atoms with van der Waals surface area (Å²) in [6, 6.07) is 14.1. The fraction of sp³-hybridized carbons (Fsp3) is 0.387. The lowest BCUT2D eigenvalue weighted by molar-refractivity contribution is -0.161. The minimum atomic E-state index is -1.47. The smallest absolute Gasteiger partial charge is 0.313 e. The van der Waals surface area contributed by atoms with Gasteiger partial charge in [-0.25, -0.2) is 0 Å². The van der Waals surface area contributed by atoms with Gasteiger partial charge in [-0.05, 0) is 30.5 Å². The standard InChI is InChI=1S/C31H31ClN2O6/c1-2-30-15-8-9-18-39-29(38)25(30)24-27(36)34(23(19-35)20-11-4-3-5-12-20)26-28(37)33(17-10-16-31(24,26)40-30)22-14-7-6-13-21(22)32/h3-8,10-16,23-26,35H,2,9,17-19H2,1H3/t23-,24+,25-,26?,30+,31+/m1/s1. The molecule has 4 aliphatic heterocycles. The molecular formula is C31H31ClN2O6. The third kappa shape index (κ3) is 3.84. The highest BCUT2D eigenvalue weighted by atomic mass is 35.5. The SMILES string of the molecule is CC[C@]12C=CCCOC(=O)[C@H]1[C@H]1C(=O)N([C@H](CO)c3ccccc3)C3C(=O)N(c4ccccc4Cl)CC=C[C@@]31O2. The normalized spacial score (nSPS) is 32.1. The largest absolute Gasteiger partial charge is 0.465 e. The van der Waals surface area contributed by atoms with E-state index in [-0.39, 0.29) is 13.2 Å². The topological polar surface area (TPSA) is 96.4 Å². The molecule has 0 aliphatic carbocycles. The monoisotopic (exact) mass is 562 g/mol. The number of hydrogen-bond donors (Lipinski definition) is 1. The van der Waals surface area contributed by atoms with Gasteiger partial charge in [-0.1, -0.05) is 85.3 Å². The molecule has 4 heterocycles. The van der Waals surface area contributed by atoms with Gasteiger partial charge in [0.05, 0.1) is 35.9 Å². The number of carbonyl (C=O) groups is 3. The first kappa shape index (κ1) is 26.7. The zero-order chi connectivity index (χ0) is 28.1. The fourth-order valence-electron chi connectivity index (χ4n) is 6.92. The number of halogens is 1. The number of esters is 1. The number of benzene rings is 2. The maximum Gasteiger partial charge on any atom is 0.313 e. The maximum absolute atomic E-state index is 14.7. The number of ether oxygens (including phenoxy) is 2. The lowest BCUT2D eigenvalue weighted by atomic mass is 9.73. The molecule has 2 aromatic carbocycles. The molecule has 1 N–H and O–H groups in total. The van der Waals surface area contributed by atoms with Crippen LogP contribution in [-0.2, 0) is 23.9 Å². The van der Waals surface area contributed by atoms with Gasteiger partial charge in [0.25, 0.3) is 5.91 Å². The van der Waals surface area contributed by atoms with Crippen molar-refractivity contribution in [2.45, 2.75) is 43.1 Å². The average Bonchev–Trinajstić information content (AvgIpc) is 3.31. The number of amides is 2. The van der Waals surface area contributed by atoms with Crippen molar-refractivity contribution in [3.05, 3.63) is 89.5 Å². The molecule has 6 atom stereocenters. The predicted octanol–water partition coefficient (Wildman–Crippen LogP) is 3.84. The van der Waals surface area contributed by atoms with Crippen LogP contribution in [0.15, 0.2) is 78.9 Å². The summed E-state index contributed by atoms with van der Waals surface area (Å²) >= 11 is 6.54. The van der Waals surface area contributed by atoms with Gasteiger partial charge in [-0.15, -0.1) is 0 Å². The van der Waals surface area contributed by atoms with Crippen molar-refractivity contribution in [3.63, 3.8) is 0 Å². The van der Waals surface area contributed by atoms with Crippen LogP contribution in [0, 0.1) is 11.8 Å². The molecule has 0 saturated carbocycles. The van der Waals surface area contributed by atoms with Crippen molar-refractivity contribution in [3.8, 4) is 0 Å². The van der Waals surface area contributed by atoms with E-state index in [1.54, 1.807) is 36.4 Å².